The minimum absolute atomic E-state index is 0.592. The van der Waals surface area contributed by atoms with Gasteiger partial charge < -0.3 is 14.5 Å². The van der Waals surface area contributed by atoms with Crippen molar-refractivity contribution in [3.05, 3.63) is 78.0 Å². The van der Waals surface area contributed by atoms with Crippen LogP contribution in [0.15, 0.2) is 65.8 Å². The van der Waals surface area contributed by atoms with E-state index in [2.05, 4.69) is 80.7 Å². The molecule has 0 radical (unpaired) electrons. The zero-order valence-corrected chi connectivity index (χ0v) is 17.9. The number of anilines is 2. The van der Waals surface area contributed by atoms with E-state index in [4.69, 9.17) is 9.73 Å². The molecule has 31 heavy (non-hydrogen) atoms. The van der Waals surface area contributed by atoms with Crippen molar-refractivity contribution in [2.45, 2.75) is 13.8 Å². The minimum Gasteiger partial charge on any atom is -0.378 e. The van der Waals surface area contributed by atoms with Crippen LogP contribution >= 0.6 is 0 Å². The standard InChI is InChI=1S/C24H26N6O/c1-18-26-19(2)30(27-18)22-8-6-21(7-9-22)29-11-10-24(25-17-29)20-4-3-5-23(16-20)28-12-14-31-15-13-28/h3-11,16H,12-15,17H2,1-2H3. The Morgan fingerprint density at radius 2 is 1.68 bits per heavy atom. The summed E-state index contributed by atoms with van der Waals surface area (Å²) in [7, 11) is 0. The molecule has 1 saturated heterocycles. The highest BCUT2D eigenvalue weighted by Crippen LogP contribution is 2.22. The Balaban J connectivity index is 1.29. The van der Waals surface area contributed by atoms with Crippen molar-refractivity contribution in [1.29, 1.82) is 0 Å². The molecule has 7 heteroatoms. The van der Waals surface area contributed by atoms with Gasteiger partial charge in [-0.1, -0.05) is 12.1 Å². The van der Waals surface area contributed by atoms with Crippen LogP contribution in [0.25, 0.3) is 5.69 Å². The fraction of sp³-hybridized carbons (Fsp3) is 0.292. The van der Waals surface area contributed by atoms with Crippen molar-refractivity contribution < 1.29 is 4.74 Å². The fourth-order valence-corrected chi connectivity index (χ4v) is 4.00. The van der Waals surface area contributed by atoms with Gasteiger partial charge in [-0.2, -0.15) is 5.10 Å². The van der Waals surface area contributed by atoms with Gasteiger partial charge in [-0.05, 0) is 56.3 Å². The van der Waals surface area contributed by atoms with Gasteiger partial charge in [0.15, 0.2) is 0 Å². The van der Waals surface area contributed by atoms with Crippen LogP contribution in [-0.2, 0) is 4.74 Å². The van der Waals surface area contributed by atoms with Crippen LogP contribution in [0.4, 0.5) is 11.4 Å². The summed E-state index contributed by atoms with van der Waals surface area (Å²) in [6, 6.07) is 16.9. The topological polar surface area (TPSA) is 58.8 Å². The summed E-state index contributed by atoms with van der Waals surface area (Å²) in [6.07, 6.45) is 4.18. The van der Waals surface area contributed by atoms with Crippen molar-refractivity contribution >= 4 is 17.1 Å². The molecule has 2 aliphatic rings. The van der Waals surface area contributed by atoms with Gasteiger partial charge in [-0.15, -0.1) is 0 Å². The summed E-state index contributed by atoms with van der Waals surface area (Å²) < 4.78 is 7.33. The van der Waals surface area contributed by atoms with E-state index in [1.165, 1.54) is 5.69 Å². The molecule has 7 nitrogen and oxygen atoms in total. The van der Waals surface area contributed by atoms with Crippen LogP contribution in [0.5, 0.6) is 0 Å². The van der Waals surface area contributed by atoms with Crippen molar-refractivity contribution in [2.24, 2.45) is 4.99 Å². The first-order valence-corrected chi connectivity index (χ1v) is 10.6. The average Bonchev–Trinajstić information content (AvgIpc) is 3.18. The average molecular weight is 415 g/mol. The molecule has 0 atom stereocenters. The SMILES string of the molecule is Cc1nc(C)n(-c2ccc(N3C=CC(c4cccc(N5CCOCC5)c4)=NC3)cc2)n1. The first-order chi connectivity index (χ1) is 15.2. The van der Waals surface area contributed by atoms with E-state index in [1.807, 2.05) is 18.5 Å². The third kappa shape index (κ3) is 4.09. The highest BCUT2D eigenvalue weighted by atomic mass is 16.5. The summed E-state index contributed by atoms with van der Waals surface area (Å²) in [6.45, 7) is 7.90. The lowest BCUT2D eigenvalue weighted by atomic mass is 10.1. The van der Waals surface area contributed by atoms with Gasteiger partial charge in [0.2, 0.25) is 0 Å². The molecule has 0 aliphatic carbocycles. The quantitative estimate of drug-likeness (QED) is 0.654. The van der Waals surface area contributed by atoms with Gasteiger partial charge in [0, 0.05) is 36.2 Å². The van der Waals surface area contributed by atoms with E-state index in [1.54, 1.807) is 0 Å². The van der Waals surface area contributed by atoms with E-state index < -0.39 is 0 Å². The number of benzene rings is 2. The molecule has 158 valence electrons. The molecule has 2 aromatic carbocycles. The number of nitrogens with zero attached hydrogens (tertiary/aromatic N) is 6. The number of hydrogen-bond acceptors (Lipinski definition) is 6. The number of aromatic nitrogens is 3. The number of aliphatic imine (C=N–C) groups is 1. The number of hydrogen-bond donors (Lipinski definition) is 0. The lowest BCUT2D eigenvalue weighted by molar-refractivity contribution is 0.122. The lowest BCUT2D eigenvalue weighted by Crippen LogP contribution is -2.36. The Hall–Kier alpha value is -3.45. The van der Waals surface area contributed by atoms with Crippen molar-refractivity contribution in [2.75, 3.05) is 42.8 Å². The zero-order chi connectivity index (χ0) is 21.2. The first-order valence-electron chi connectivity index (χ1n) is 10.6. The molecule has 0 spiro atoms. The third-order valence-electron chi connectivity index (χ3n) is 5.62. The van der Waals surface area contributed by atoms with E-state index in [-0.39, 0.29) is 0 Å². The number of allylic oxidation sites excluding steroid dienone is 1. The van der Waals surface area contributed by atoms with Crippen molar-refractivity contribution in [3.63, 3.8) is 0 Å². The predicted molar refractivity (Wildman–Crippen MR) is 123 cm³/mol. The van der Waals surface area contributed by atoms with E-state index in [0.29, 0.717) is 6.67 Å². The number of morpholine rings is 1. The van der Waals surface area contributed by atoms with E-state index >= 15 is 0 Å². The molecule has 0 bridgehead atoms. The molecule has 2 aliphatic heterocycles. The largest absolute Gasteiger partial charge is 0.378 e. The van der Waals surface area contributed by atoms with Gasteiger partial charge in [-0.3, -0.25) is 4.99 Å². The number of aryl methyl sites for hydroxylation is 2. The summed E-state index contributed by atoms with van der Waals surface area (Å²) in [5.74, 6) is 1.66. The Kier molecular flexibility index (Phi) is 5.26. The Bertz CT molecular complexity index is 1130. The smallest absolute Gasteiger partial charge is 0.148 e. The Morgan fingerprint density at radius 1 is 0.903 bits per heavy atom. The summed E-state index contributed by atoms with van der Waals surface area (Å²) in [4.78, 5) is 13.7. The van der Waals surface area contributed by atoms with Gasteiger partial charge in [0.25, 0.3) is 0 Å². The molecule has 0 amide bonds. The van der Waals surface area contributed by atoms with E-state index in [9.17, 15) is 0 Å². The van der Waals surface area contributed by atoms with Crippen LogP contribution in [0.1, 0.15) is 17.2 Å². The second-order valence-electron chi connectivity index (χ2n) is 7.75. The fourth-order valence-electron chi connectivity index (χ4n) is 4.00. The zero-order valence-electron chi connectivity index (χ0n) is 17.9. The van der Waals surface area contributed by atoms with E-state index in [0.717, 1.165) is 60.6 Å². The maximum Gasteiger partial charge on any atom is 0.148 e. The Morgan fingerprint density at radius 3 is 2.35 bits per heavy atom. The number of rotatable bonds is 4. The molecule has 1 fully saturated rings. The van der Waals surface area contributed by atoms with Crippen molar-refractivity contribution in [1.82, 2.24) is 14.8 Å². The maximum absolute atomic E-state index is 5.47. The van der Waals surface area contributed by atoms with Crippen LogP contribution in [0, 0.1) is 13.8 Å². The second-order valence-corrected chi connectivity index (χ2v) is 7.75. The molecule has 3 aromatic rings. The molecular formula is C24H26N6O. The highest BCUT2D eigenvalue weighted by Gasteiger charge is 2.14. The predicted octanol–water partition coefficient (Wildman–Crippen LogP) is 3.50. The monoisotopic (exact) mass is 414 g/mol. The molecule has 0 unspecified atom stereocenters. The van der Waals surface area contributed by atoms with Crippen LogP contribution in [-0.4, -0.2) is 53.4 Å². The lowest BCUT2D eigenvalue weighted by Gasteiger charge is -2.29. The summed E-state index contributed by atoms with van der Waals surface area (Å²) >= 11 is 0. The first kappa shape index (κ1) is 19.5. The minimum atomic E-state index is 0.592. The van der Waals surface area contributed by atoms with Gasteiger partial charge in [-0.25, -0.2) is 9.67 Å². The van der Waals surface area contributed by atoms with Crippen LogP contribution in [0.2, 0.25) is 0 Å². The van der Waals surface area contributed by atoms with Gasteiger partial charge in [0.1, 0.15) is 18.3 Å². The van der Waals surface area contributed by atoms with Gasteiger partial charge in [0.05, 0.1) is 24.6 Å². The third-order valence-corrected chi connectivity index (χ3v) is 5.62. The highest BCUT2D eigenvalue weighted by molar-refractivity contribution is 6.10. The summed E-state index contributed by atoms with van der Waals surface area (Å²) in [5, 5.41) is 4.45. The molecule has 0 saturated carbocycles. The molecule has 1 aromatic heterocycles. The maximum atomic E-state index is 5.47. The summed E-state index contributed by atoms with van der Waals surface area (Å²) in [5.41, 5.74) is 5.49. The molecular weight excluding hydrogens is 388 g/mol. The normalized spacial score (nSPS) is 16.5. The van der Waals surface area contributed by atoms with Crippen molar-refractivity contribution in [3.8, 4) is 5.69 Å². The second kappa shape index (κ2) is 8.35. The Labute approximate surface area is 182 Å². The number of ether oxygens (including phenoxy) is 1. The molecule has 5 rings (SSSR count). The van der Waals surface area contributed by atoms with Crippen LogP contribution in [0.3, 0.4) is 0 Å². The molecule has 0 N–H and O–H groups in total. The van der Waals surface area contributed by atoms with Crippen LogP contribution < -0.4 is 9.80 Å². The van der Waals surface area contributed by atoms with Gasteiger partial charge >= 0.3 is 0 Å². The molecule has 3 heterocycles.